The molecule has 3 heterocycles. The first kappa shape index (κ1) is 25.6. The van der Waals surface area contributed by atoms with Crippen molar-refractivity contribution in [3.63, 3.8) is 0 Å². The summed E-state index contributed by atoms with van der Waals surface area (Å²) in [5.74, 6) is -0.406. The lowest BCUT2D eigenvalue weighted by atomic mass is 10.1. The number of phenols is 1. The predicted octanol–water partition coefficient (Wildman–Crippen LogP) is 3.08. The minimum Gasteiger partial charge on any atom is -0.507 e. The third-order valence-electron chi connectivity index (χ3n) is 5.15. The molecule has 1 saturated heterocycles. The van der Waals surface area contributed by atoms with Crippen molar-refractivity contribution in [2.45, 2.75) is 0 Å². The minimum atomic E-state index is -3.72. The fourth-order valence-electron chi connectivity index (χ4n) is 3.32. The molecule has 1 aliphatic rings. The van der Waals surface area contributed by atoms with E-state index in [0.717, 1.165) is 16.5 Å². The van der Waals surface area contributed by atoms with Crippen LogP contribution in [-0.4, -0.2) is 69.8 Å². The van der Waals surface area contributed by atoms with Crippen LogP contribution < -0.4 is 0 Å². The number of amides is 1. The number of piperazine rings is 1. The largest absolute Gasteiger partial charge is 0.507 e. The number of nitrogens with zero attached hydrogens (tertiary/aromatic N) is 5. The van der Waals surface area contributed by atoms with Crippen LogP contribution in [0.3, 0.4) is 0 Å². The van der Waals surface area contributed by atoms with E-state index in [-0.39, 0.29) is 56.1 Å². The van der Waals surface area contributed by atoms with Crippen LogP contribution in [0.2, 0.25) is 5.02 Å². The molecule has 3 aromatic rings. The highest BCUT2D eigenvalue weighted by molar-refractivity contribution is 7.92. The molecule has 0 spiro atoms. The Labute approximate surface area is 208 Å². The molecule has 0 radical (unpaired) electrons. The van der Waals surface area contributed by atoms with Crippen LogP contribution in [0.25, 0.3) is 17.2 Å². The van der Waals surface area contributed by atoms with E-state index in [1.165, 1.54) is 27.4 Å². The maximum atomic E-state index is 12.7. The minimum absolute atomic E-state index is 0. The topological polar surface area (TPSA) is 117 Å². The first-order valence-electron chi connectivity index (χ1n) is 10.0. The van der Waals surface area contributed by atoms with Crippen molar-refractivity contribution < 1.29 is 18.3 Å². The average Bonchev–Trinajstić information content (AvgIpc) is 2.84. The number of halogens is 2. The van der Waals surface area contributed by atoms with Crippen molar-refractivity contribution in [3.05, 3.63) is 76.9 Å². The number of aromatic hydroxyl groups is 1. The zero-order valence-corrected chi connectivity index (χ0v) is 20.2. The second kappa shape index (κ2) is 10.9. The van der Waals surface area contributed by atoms with Crippen LogP contribution in [0.15, 0.2) is 60.5 Å². The van der Waals surface area contributed by atoms with Gasteiger partial charge in [0, 0.05) is 72.5 Å². The Kier molecular flexibility index (Phi) is 8.21. The van der Waals surface area contributed by atoms with Crippen molar-refractivity contribution in [3.8, 4) is 16.9 Å². The summed E-state index contributed by atoms with van der Waals surface area (Å²) in [5.41, 5.74) is 2.00. The van der Waals surface area contributed by atoms with Gasteiger partial charge in [-0.15, -0.1) is 12.4 Å². The van der Waals surface area contributed by atoms with Gasteiger partial charge in [-0.05, 0) is 42.0 Å². The zero-order chi connectivity index (χ0) is 23.4. The average molecular weight is 522 g/mol. The Hall–Kier alpha value is -3.05. The molecule has 1 aromatic carbocycles. The fraction of sp³-hybridized carbons (Fsp3) is 0.182. The van der Waals surface area contributed by atoms with E-state index < -0.39 is 10.0 Å². The second-order valence-corrected chi connectivity index (χ2v) is 9.53. The highest BCUT2D eigenvalue weighted by Crippen LogP contribution is 2.24. The van der Waals surface area contributed by atoms with Crippen molar-refractivity contribution in [2.24, 2.45) is 0 Å². The van der Waals surface area contributed by atoms with Crippen LogP contribution in [0.5, 0.6) is 5.75 Å². The van der Waals surface area contributed by atoms with E-state index >= 15 is 0 Å². The first-order valence-corrected chi connectivity index (χ1v) is 11.9. The number of sulfonamides is 1. The van der Waals surface area contributed by atoms with E-state index in [9.17, 15) is 18.3 Å². The molecule has 0 atom stereocenters. The summed E-state index contributed by atoms with van der Waals surface area (Å²) in [4.78, 5) is 26.6. The van der Waals surface area contributed by atoms with Gasteiger partial charge in [0.25, 0.3) is 5.91 Å². The molecule has 0 bridgehead atoms. The normalized spacial score (nSPS) is 14.7. The van der Waals surface area contributed by atoms with Gasteiger partial charge in [0.05, 0.1) is 0 Å². The van der Waals surface area contributed by atoms with Crippen LogP contribution in [0.1, 0.15) is 16.2 Å². The number of phenolic OH excluding ortho intramolecular Hbond substituents is 1. The molecule has 4 rings (SSSR count). The molecule has 0 saturated carbocycles. The van der Waals surface area contributed by atoms with Gasteiger partial charge < -0.3 is 10.0 Å². The summed E-state index contributed by atoms with van der Waals surface area (Å²) in [7, 11) is -3.72. The lowest BCUT2D eigenvalue weighted by Crippen LogP contribution is -2.50. The van der Waals surface area contributed by atoms with Gasteiger partial charge in [-0.25, -0.2) is 18.4 Å². The standard InChI is InChI=1S/C22H20ClN5O4S.ClH/c23-19-2-1-17(20(29)13-19)5-12-33(31,32)28-10-8-27(9-11-28)22(30)21-25-14-18(15-26-21)16-3-6-24-7-4-16;/h1-7,12-15,29H,8-11H2;1H. The summed E-state index contributed by atoms with van der Waals surface area (Å²) in [5, 5.41) is 11.3. The molecule has 0 aliphatic carbocycles. The van der Waals surface area contributed by atoms with Gasteiger partial charge in [-0.1, -0.05) is 11.6 Å². The Bertz CT molecular complexity index is 1280. The summed E-state index contributed by atoms with van der Waals surface area (Å²) in [6.07, 6.45) is 7.79. The maximum absolute atomic E-state index is 12.7. The van der Waals surface area contributed by atoms with Gasteiger partial charge in [-0.2, -0.15) is 4.31 Å². The number of carbonyl (C=O) groups excluding carboxylic acids is 1. The molecule has 0 unspecified atom stereocenters. The van der Waals surface area contributed by atoms with Crippen molar-refractivity contribution in [2.75, 3.05) is 26.2 Å². The van der Waals surface area contributed by atoms with Crippen molar-refractivity contribution in [1.82, 2.24) is 24.2 Å². The first-order chi connectivity index (χ1) is 15.8. The third-order valence-corrected chi connectivity index (χ3v) is 6.95. The zero-order valence-electron chi connectivity index (χ0n) is 17.8. The Balaban J connectivity index is 0.00000324. The van der Waals surface area contributed by atoms with Gasteiger partial charge in [0.2, 0.25) is 15.8 Å². The van der Waals surface area contributed by atoms with E-state index in [2.05, 4.69) is 15.0 Å². The molecule has 12 heteroatoms. The van der Waals surface area contributed by atoms with Crippen LogP contribution in [0.4, 0.5) is 0 Å². The van der Waals surface area contributed by atoms with E-state index in [4.69, 9.17) is 11.6 Å². The summed E-state index contributed by atoms with van der Waals surface area (Å²) in [6, 6.07) is 8.07. The van der Waals surface area contributed by atoms with Gasteiger partial charge in [0.15, 0.2) is 0 Å². The van der Waals surface area contributed by atoms with Crippen LogP contribution >= 0.6 is 24.0 Å². The number of benzene rings is 1. The predicted molar refractivity (Wildman–Crippen MR) is 131 cm³/mol. The summed E-state index contributed by atoms with van der Waals surface area (Å²) in [6.45, 7) is 0.710. The Morgan fingerprint density at radius 3 is 2.26 bits per heavy atom. The quantitative estimate of drug-likeness (QED) is 0.548. The van der Waals surface area contributed by atoms with Gasteiger partial charge in [0.1, 0.15) is 5.75 Å². The van der Waals surface area contributed by atoms with Gasteiger partial charge >= 0.3 is 0 Å². The molecule has 1 amide bonds. The highest BCUT2D eigenvalue weighted by atomic mass is 35.5. The molecule has 34 heavy (non-hydrogen) atoms. The number of rotatable bonds is 5. The van der Waals surface area contributed by atoms with E-state index in [0.29, 0.717) is 10.6 Å². The molecule has 1 N–H and O–H groups in total. The molecule has 178 valence electrons. The molecule has 2 aromatic heterocycles. The highest BCUT2D eigenvalue weighted by Gasteiger charge is 2.28. The molecule has 9 nitrogen and oxygen atoms in total. The van der Waals surface area contributed by atoms with Crippen molar-refractivity contribution in [1.29, 1.82) is 0 Å². The SMILES string of the molecule is Cl.O=C(c1ncc(-c2ccncc2)cn1)N1CCN(S(=O)(=O)C=Cc2ccc(Cl)cc2O)CC1. The Morgan fingerprint density at radius 1 is 1.00 bits per heavy atom. The second-order valence-electron chi connectivity index (χ2n) is 7.27. The van der Waals surface area contributed by atoms with Crippen LogP contribution in [0, 0.1) is 0 Å². The Morgan fingerprint density at radius 2 is 1.65 bits per heavy atom. The lowest BCUT2D eigenvalue weighted by molar-refractivity contribution is 0.0686. The van der Waals surface area contributed by atoms with Gasteiger partial charge in [-0.3, -0.25) is 9.78 Å². The van der Waals surface area contributed by atoms with E-state index in [1.54, 1.807) is 30.9 Å². The molecule has 1 aliphatic heterocycles. The summed E-state index contributed by atoms with van der Waals surface area (Å²) >= 11 is 5.79. The number of aromatic nitrogens is 3. The number of hydrogen-bond donors (Lipinski definition) is 1. The smallest absolute Gasteiger partial charge is 0.291 e. The number of carbonyl (C=O) groups is 1. The lowest BCUT2D eigenvalue weighted by Gasteiger charge is -2.32. The molecular weight excluding hydrogens is 501 g/mol. The monoisotopic (exact) mass is 521 g/mol. The molecular formula is C22H21Cl2N5O4S. The number of hydrogen-bond acceptors (Lipinski definition) is 7. The van der Waals surface area contributed by atoms with Crippen molar-refractivity contribution >= 4 is 46.0 Å². The van der Waals surface area contributed by atoms with Crippen LogP contribution in [-0.2, 0) is 10.0 Å². The maximum Gasteiger partial charge on any atom is 0.291 e. The fourth-order valence-corrected chi connectivity index (χ4v) is 4.65. The number of pyridine rings is 1. The summed E-state index contributed by atoms with van der Waals surface area (Å²) < 4.78 is 26.6. The third kappa shape index (κ3) is 5.89. The molecule has 1 fully saturated rings. The van der Waals surface area contributed by atoms with E-state index in [1.807, 2.05) is 12.1 Å².